The zero-order valence-corrected chi connectivity index (χ0v) is 7.21. The van der Waals surface area contributed by atoms with Gasteiger partial charge >= 0.3 is 0 Å². The molecule has 0 aromatic carbocycles. The van der Waals surface area contributed by atoms with E-state index in [0.717, 1.165) is 28.6 Å². The highest BCUT2D eigenvalue weighted by Crippen LogP contribution is 2.28. The van der Waals surface area contributed by atoms with Gasteiger partial charge in [0, 0.05) is 18.5 Å². The first-order valence-electron chi connectivity index (χ1n) is 3.89. The van der Waals surface area contributed by atoms with Crippen LogP contribution in [0.25, 0.3) is 11.2 Å². The van der Waals surface area contributed by atoms with Crippen LogP contribution >= 0.6 is 11.8 Å². The summed E-state index contributed by atoms with van der Waals surface area (Å²) in [7, 11) is 0. The van der Waals surface area contributed by atoms with Gasteiger partial charge in [-0.15, -0.1) is 0 Å². The minimum absolute atomic E-state index is 1.01. The van der Waals surface area contributed by atoms with Crippen molar-refractivity contribution in [3.8, 4) is 0 Å². The van der Waals surface area contributed by atoms with E-state index in [1.165, 1.54) is 0 Å². The fourth-order valence-corrected chi connectivity index (χ4v) is 2.43. The molecule has 0 bridgehead atoms. The van der Waals surface area contributed by atoms with Crippen molar-refractivity contribution in [2.45, 2.75) is 11.7 Å². The second-order valence-corrected chi connectivity index (χ2v) is 3.80. The topological polar surface area (TPSA) is 30.7 Å². The van der Waals surface area contributed by atoms with E-state index >= 15 is 0 Å². The summed E-state index contributed by atoms with van der Waals surface area (Å²) >= 11 is 1.81. The molecule has 12 heavy (non-hydrogen) atoms. The fourth-order valence-electron chi connectivity index (χ4n) is 1.48. The second-order valence-electron chi connectivity index (χ2n) is 2.74. The molecule has 0 spiro atoms. The highest BCUT2D eigenvalue weighted by molar-refractivity contribution is 7.99. The van der Waals surface area contributed by atoms with Crippen LogP contribution in [0.2, 0.25) is 0 Å². The smallest absolute Gasteiger partial charge is 0.170 e. The molecule has 0 atom stereocenters. The molecular formula is C8H7N3S. The fraction of sp³-hybridized carbons (Fsp3) is 0.250. The molecular weight excluding hydrogens is 170 g/mol. The highest BCUT2D eigenvalue weighted by atomic mass is 32.2. The molecule has 3 nitrogen and oxygen atoms in total. The molecule has 0 saturated carbocycles. The van der Waals surface area contributed by atoms with Crippen LogP contribution in [0.3, 0.4) is 0 Å². The molecule has 3 heterocycles. The van der Waals surface area contributed by atoms with Crippen molar-refractivity contribution in [3.63, 3.8) is 0 Å². The lowest BCUT2D eigenvalue weighted by atomic mass is 10.4. The first-order valence-corrected chi connectivity index (χ1v) is 4.88. The maximum atomic E-state index is 4.46. The number of aryl methyl sites for hydroxylation is 1. The molecule has 2 aromatic rings. The number of thioether (sulfide) groups is 1. The van der Waals surface area contributed by atoms with E-state index < -0.39 is 0 Å². The maximum Gasteiger partial charge on any atom is 0.170 e. The molecule has 2 aromatic heterocycles. The Labute approximate surface area is 73.8 Å². The van der Waals surface area contributed by atoms with Crippen LogP contribution in [0.15, 0.2) is 23.5 Å². The molecule has 0 radical (unpaired) electrons. The van der Waals surface area contributed by atoms with Crippen molar-refractivity contribution >= 4 is 22.9 Å². The minimum Gasteiger partial charge on any atom is -0.303 e. The van der Waals surface area contributed by atoms with E-state index in [2.05, 4.69) is 14.5 Å². The minimum atomic E-state index is 1.01. The molecule has 0 unspecified atom stereocenters. The second kappa shape index (κ2) is 2.23. The summed E-state index contributed by atoms with van der Waals surface area (Å²) in [6, 6.07) is 3.93. The number of pyridine rings is 1. The molecule has 60 valence electrons. The number of rotatable bonds is 0. The maximum absolute atomic E-state index is 4.46. The Morgan fingerprint density at radius 1 is 1.50 bits per heavy atom. The van der Waals surface area contributed by atoms with E-state index in [1.807, 2.05) is 18.3 Å². The van der Waals surface area contributed by atoms with Gasteiger partial charge in [-0.3, -0.25) is 0 Å². The average Bonchev–Trinajstić information content (AvgIpc) is 2.62. The van der Waals surface area contributed by atoms with Crippen molar-refractivity contribution in [2.75, 3.05) is 5.75 Å². The zero-order chi connectivity index (χ0) is 7.97. The van der Waals surface area contributed by atoms with Gasteiger partial charge in [0.25, 0.3) is 0 Å². The molecule has 4 heteroatoms. The summed E-state index contributed by atoms with van der Waals surface area (Å²) in [5.74, 6) is 1.13. The van der Waals surface area contributed by atoms with Crippen molar-refractivity contribution in [1.29, 1.82) is 0 Å². The largest absolute Gasteiger partial charge is 0.303 e. The highest BCUT2D eigenvalue weighted by Gasteiger charge is 2.16. The van der Waals surface area contributed by atoms with Crippen molar-refractivity contribution in [3.05, 3.63) is 18.3 Å². The number of hydrogen-bond donors (Lipinski definition) is 0. The van der Waals surface area contributed by atoms with Gasteiger partial charge in [-0.2, -0.15) is 0 Å². The van der Waals surface area contributed by atoms with Gasteiger partial charge in [-0.05, 0) is 12.1 Å². The predicted octanol–water partition coefficient (Wildman–Crippen LogP) is 1.54. The summed E-state index contributed by atoms with van der Waals surface area (Å²) in [5, 5.41) is 1.11. The van der Waals surface area contributed by atoms with Gasteiger partial charge in [0.15, 0.2) is 10.8 Å². The third-order valence-corrected chi connectivity index (χ3v) is 2.97. The quantitative estimate of drug-likeness (QED) is 0.611. The average molecular weight is 177 g/mol. The van der Waals surface area contributed by atoms with Crippen LogP contribution in [0, 0.1) is 0 Å². The van der Waals surface area contributed by atoms with E-state index in [4.69, 9.17) is 0 Å². The lowest BCUT2D eigenvalue weighted by molar-refractivity contribution is 0.735. The first-order chi connectivity index (χ1) is 5.95. The standard InChI is InChI=1S/C8H7N3S/c1-2-6-7(9-3-1)11-4-5-12-8(11)10-6/h1-3H,4-5H2. The van der Waals surface area contributed by atoms with Gasteiger partial charge in [-0.1, -0.05) is 11.8 Å². The number of aromatic nitrogens is 3. The Hall–Kier alpha value is -1.03. The van der Waals surface area contributed by atoms with Gasteiger partial charge < -0.3 is 4.57 Å². The Morgan fingerprint density at radius 2 is 2.50 bits per heavy atom. The van der Waals surface area contributed by atoms with Crippen LogP contribution in [-0.4, -0.2) is 20.3 Å². The summed E-state index contributed by atoms with van der Waals surface area (Å²) in [6.07, 6.45) is 1.82. The molecule has 3 rings (SSSR count). The first kappa shape index (κ1) is 6.48. The summed E-state index contributed by atoms with van der Waals surface area (Å²) in [4.78, 5) is 8.76. The van der Waals surface area contributed by atoms with Gasteiger partial charge in [0.05, 0.1) is 0 Å². The normalized spacial score (nSPS) is 15.3. The van der Waals surface area contributed by atoms with E-state index in [9.17, 15) is 0 Å². The third kappa shape index (κ3) is 0.728. The van der Waals surface area contributed by atoms with E-state index in [1.54, 1.807) is 11.8 Å². The molecule has 0 fully saturated rings. The van der Waals surface area contributed by atoms with Gasteiger partial charge in [-0.25, -0.2) is 9.97 Å². The summed E-state index contributed by atoms with van der Waals surface area (Å²) < 4.78 is 2.18. The van der Waals surface area contributed by atoms with Crippen molar-refractivity contribution in [1.82, 2.24) is 14.5 Å². The Morgan fingerprint density at radius 3 is 3.50 bits per heavy atom. The Balaban J connectivity index is 2.44. The molecule has 0 saturated heterocycles. The van der Waals surface area contributed by atoms with Crippen LogP contribution in [-0.2, 0) is 6.54 Å². The molecule has 0 N–H and O–H groups in total. The summed E-state index contributed by atoms with van der Waals surface area (Å²) in [6.45, 7) is 1.05. The van der Waals surface area contributed by atoms with Crippen molar-refractivity contribution < 1.29 is 0 Å². The van der Waals surface area contributed by atoms with Gasteiger partial charge in [0.1, 0.15) is 5.52 Å². The third-order valence-electron chi connectivity index (χ3n) is 2.01. The summed E-state index contributed by atoms with van der Waals surface area (Å²) in [5.41, 5.74) is 2.04. The Kier molecular flexibility index (Phi) is 1.20. The lowest BCUT2D eigenvalue weighted by Gasteiger charge is -1.93. The monoisotopic (exact) mass is 177 g/mol. The van der Waals surface area contributed by atoms with Crippen molar-refractivity contribution in [2.24, 2.45) is 0 Å². The van der Waals surface area contributed by atoms with E-state index in [0.29, 0.717) is 0 Å². The van der Waals surface area contributed by atoms with Crippen LogP contribution in [0.1, 0.15) is 0 Å². The van der Waals surface area contributed by atoms with Crippen LogP contribution in [0.5, 0.6) is 0 Å². The number of fused-ring (bicyclic) bond motifs is 3. The zero-order valence-electron chi connectivity index (χ0n) is 6.40. The molecule has 0 amide bonds. The Bertz CT molecular complexity index is 435. The molecule has 0 aliphatic carbocycles. The SMILES string of the molecule is c1cnc2c(c1)nc1n2CCS1. The van der Waals surface area contributed by atoms with E-state index in [-0.39, 0.29) is 0 Å². The molecule has 1 aliphatic rings. The number of hydrogen-bond acceptors (Lipinski definition) is 3. The molecule has 1 aliphatic heterocycles. The predicted molar refractivity (Wildman–Crippen MR) is 48.3 cm³/mol. The van der Waals surface area contributed by atoms with Crippen LogP contribution < -0.4 is 0 Å². The number of nitrogens with zero attached hydrogens (tertiary/aromatic N) is 3. The lowest BCUT2D eigenvalue weighted by Crippen LogP contribution is -1.93. The van der Waals surface area contributed by atoms with Gasteiger partial charge in [0.2, 0.25) is 0 Å². The number of imidazole rings is 1. The van der Waals surface area contributed by atoms with Crippen LogP contribution in [0.4, 0.5) is 0 Å².